The minimum Gasteiger partial charge on any atom is -0.478 e. The van der Waals surface area contributed by atoms with Crippen LogP contribution in [0.1, 0.15) is 11.1 Å². The van der Waals surface area contributed by atoms with E-state index in [1.807, 2.05) is 30.3 Å². The minimum absolute atomic E-state index is 0.240. The van der Waals surface area contributed by atoms with Crippen molar-refractivity contribution in [3.05, 3.63) is 66.0 Å². The first-order valence-corrected chi connectivity index (χ1v) is 5.18. The van der Waals surface area contributed by atoms with Gasteiger partial charge in [-0.2, -0.15) is 0 Å². The van der Waals surface area contributed by atoms with Gasteiger partial charge in [0, 0.05) is 18.0 Å². The van der Waals surface area contributed by atoms with Gasteiger partial charge in [-0.05, 0) is 17.7 Å². The summed E-state index contributed by atoms with van der Waals surface area (Å²) in [4.78, 5) is 15.1. The lowest BCUT2D eigenvalue weighted by Gasteiger charge is -2.02. The van der Waals surface area contributed by atoms with Crippen LogP contribution < -0.4 is 0 Å². The smallest absolute Gasteiger partial charge is 0.336 e. The molecule has 0 unspecified atom stereocenters. The highest BCUT2D eigenvalue weighted by atomic mass is 16.4. The molecule has 0 amide bonds. The highest BCUT2D eigenvalue weighted by Crippen LogP contribution is 2.17. The quantitative estimate of drug-likeness (QED) is 0.817. The molecule has 3 heteroatoms. The van der Waals surface area contributed by atoms with Crippen LogP contribution in [0.2, 0.25) is 0 Å². The molecule has 84 valence electrons. The number of carbonyl (C=O) groups is 1. The van der Waals surface area contributed by atoms with Gasteiger partial charge in [-0.1, -0.05) is 36.4 Å². The molecule has 1 aromatic carbocycles. The van der Waals surface area contributed by atoms with Gasteiger partial charge in [0.05, 0.1) is 5.57 Å². The third-order valence-corrected chi connectivity index (χ3v) is 2.31. The zero-order chi connectivity index (χ0) is 12.1. The van der Waals surface area contributed by atoms with E-state index in [1.54, 1.807) is 30.6 Å². The molecule has 0 saturated carbocycles. The Morgan fingerprint density at radius 1 is 1.12 bits per heavy atom. The maximum Gasteiger partial charge on any atom is 0.336 e. The van der Waals surface area contributed by atoms with Crippen LogP contribution in [0.3, 0.4) is 0 Å². The van der Waals surface area contributed by atoms with Crippen molar-refractivity contribution in [3.63, 3.8) is 0 Å². The molecule has 0 atom stereocenters. The Hall–Kier alpha value is -2.42. The topological polar surface area (TPSA) is 50.2 Å². The van der Waals surface area contributed by atoms with Crippen molar-refractivity contribution in [2.75, 3.05) is 0 Å². The number of pyridine rings is 1. The van der Waals surface area contributed by atoms with Crippen molar-refractivity contribution >= 4 is 17.6 Å². The number of nitrogens with zero attached hydrogens (tertiary/aromatic N) is 1. The summed E-state index contributed by atoms with van der Waals surface area (Å²) in [7, 11) is 0. The predicted octanol–water partition coefficient (Wildman–Crippen LogP) is 2.71. The summed E-state index contributed by atoms with van der Waals surface area (Å²) in [6, 6.07) is 12.8. The molecule has 0 aliphatic carbocycles. The number of hydrogen-bond donors (Lipinski definition) is 1. The summed E-state index contributed by atoms with van der Waals surface area (Å²) in [5.41, 5.74) is 1.70. The second kappa shape index (κ2) is 5.07. The summed E-state index contributed by atoms with van der Waals surface area (Å²) in [5.74, 6) is -0.957. The fraction of sp³-hybridized carbons (Fsp3) is 0. The number of rotatable bonds is 3. The highest BCUT2D eigenvalue weighted by molar-refractivity contribution is 6.20. The molecule has 1 N–H and O–H groups in total. The molecule has 2 aromatic rings. The second-order valence-corrected chi connectivity index (χ2v) is 3.52. The first-order chi connectivity index (χ1) is 8.27. The summed E-state index contributed by atoms with van der Waals surface area (Å²) in [5, 5.41) is 9.19. The maximum absolute atomic E-state index is 11.2. The van der Waals surface area contributed by atoms with Crippen molar-refractivity contribution in [1.82, 2.24) is 4.98 Å². The number of carboxylic acid groups (broad SMARTS) is 1. The van der Waals surface area contributed by atoms with Crippen molar-refractivity contribution < 1.29 is 9.90 Å². The maximum atomic E-state index is 11.2. The fourth-order valence-corrected chi connectivity index (χ4v) is 1.51. The van der Waals surface area contributed by atoms with Crippen LogP contribution in [0.5, 0.6) is 0 Å². The Balaban J connectivity index is 2.44. The van der Waals surface area contributed by atoms with Crippen molar-refractivity contribution in [2.24, 2.45) is 0 Å². The third kappa shape index (κ3) is 2.78. The van der Waals surface area contributed by atoms with E-state index in [0.29, 0.717) is 5.56 Å². The number of benzene rings is 1. The Kier molecular flexibility index (Phi) is 3.31. The molecule has 0 aliphatic rings. The van der Waals surface area contributed by atoms with Crippen LogP contribution in [-0.4, -0.2) is 16.1 Å². The van der Waals surface area contributed by atoms with Crippen LogP contribution in [0, 0.1) is 0 Å². The van der Waals surface area contributed by atoms with Gasteiger partial charge in [-0.3, -0.25) is 4.98 Å². The lowest BCUT2D eigenvalue weighted by Crippen LogP contribution is -1.99. The lowest BCUT2D eigenvalue weighted by atomic mass is 10.0. The SMILES string of the molecule is O=C(O)/C(=C/c1ccccc1)c1cccnc1. The summed E-state index contributed by atoms with van der Waals surface area (Å²) >= 11 is 0. The van der Waals surface area contributed by atoms with E-state index >= 15 is 0 Å². The van der Waals surface area contributed by atoms with Gasteiger partial charge in [0.25, 0.3) is 0 Å². The third-order valence-electron chi connectivity index (χ3n) is 2.31. The number of aliphatic carboxylic acids is 1. The van der Waals surface area contributed by atoms with Crippen LogP contribution in [0.15, 0.2) is 54.9 Å². The van der Waals surface area contributed by atoms with Gasteiger partial charge in [0.15, 0.2) is 0 Å². The lowest BCUT2D eigenvalue weighted by molar-refractivity contribution is -0.130. The molecule has 0 saturated heterocycles. The van der Waals surface area contributed by atoms with E-state index in [2.05, 4.69) is 4.98 Å². The van der Waals surface area contributed by atoms with E-state index in [9.17, 15) is 9.90 Å². The zero-order valence-corrected chi connectivity index (χ0v) is 9.08. The summed E-state index contributed by atoms with van der Waals surface area (Å²) in [6.45, 7) is 0. The molecule has 0 spiro atoms. The van der Waals surface area contributed by atoms with Gasteiger partial charge in [0.1, 0.15) is 0 Å². The van der Waals surface area contributed by atoms with Gasteiger partial charge >= 0.3 is 5.97 Å². The summed E-state index contributed by atoms with van der Waals surface area (Å²) < 4.78 is 0. The molecule has 2 rings (SSSR count). The Morgan fingerprint density at radius 2 is 1.88 bits per heavy atom. The van der Waals surface area contributed by atoms with E-state index in [0.717, 1.165) is 5.56 Å². The molecule has 0 fully saturated rings. The minimum atomic E-state index is -0.957. The zero-order valence-electron chi connectivity index (χ0n) is 9.08. The van der Waals surface area contributed by atoms with Crippen LogP contribution >= 0.6 is 0 Å². The first kappa shape index (κ1) is 11.1. The molecular weight excluding hydrogens is 214 g/mol. The first-order valence-electron chi connectivity index (χ1n) is 5.18. The molecule has 0 radical (unpaired) electrons. The largest absolute Gasteiger partial charge is 0.478 e. The monoisotopic (exact) mass is 225 g/mol. The van der Waals surface area contributed by atoms with Crippen molar-refractivity contribution in [2.45, 2.75) is 0 Å². The Labute approximate surface area is 99.1 Å². The Bertz CT molecular complexity index is 533. The van der Waals surface area contributed by atoms with Gasteiger partial charge < -0.3 is 5.11 Å². The summed E-state index contributed by atoms with van der Waals surface area (Å²) in [6.07, 6.45) is 4.80. The van der Waals surface area contributed by atoms with Gasteiger partial charge in [-0.25, -0.2) is 4.79 Å². The van der Waals surface area contributed by atoms with Crippen LogP contribution in [0.25, 0.3) is 11.6 Å². The number of hydrogen-bond acceptors (Lipinski definition) is 2. The standard InChI is InChI=1S/C14H11NO2/c16-14(17)13(12-7-4-8-15-10-12)9-11-5-2-1-3-6-11/h1-10H,(H,16,17)/b13-9+. The average molecular weight is 225 g/mol. The fourth-order valence-electron chi connectivity index (χ4n) is 1.51. The molecule has 1 heterocycles. The molecule has 3 nitrogen and oxygen atoms in total. The molecular formula is C14H11NO2. The van der Waals surface area contributed by atoms with E-state index in [-0.39, 0.29) is 5.57 Å². The Morgan fingerprint density at radius 3 is 2.47 bits per heavy atom. The molecule has 17 heavy (non-hydrogen) atoms. The average Bonchev–Trinajstić information content (AvgIpc) is 2.38. The number of carboxylic acids is 1. The van der Waals surface area contributed by atoms with Crippen LogP contribution in [0.4, 0.5) is 0 Å². The molecule has 0 bridgehead atoms. The van der Waals surface area contributed by atoms with Gasteiger partial charge in [0.2, 0.25) is 0 Å². The predicted molar refractivity (Wildman–Crippen MR) is 66.2 cm³/mol. The molecule has 1 aromatic heterocycles. The highest BCUT2D eigenvalue weighted by Gasteiger charge is 2.09. The van der Waals surface area contributed by atoms with Gasteiger partial charge in [-0.15, -0.1) is 0 Å². The van der Waals surface area contributed by atoms with E-state index in [4.69, 9.17) is 0 Å². The van der Waals surface area contributed by atoms with Crippen molar-refractivity contribution in [1.29, 1.82) is 0 Å². The van der Waals surface area contributed by atoms with E-state index in [1.165, 1.54) is 0 Å². The van der Waals surface area contributed by atoms with E-state index < -0.39 is 5.97 Å². The normalized spacial score (nSPS) is 11.2. The van der Waals surface area contributed by atoms with Crippen molar-refractivity contribution in [3.8, 4) is 0 Å². The second-order valence-electron chi connectivity index (χ2n) is 3.52. The number of aromatic nitrogens is 1. The van der Waals surface area contributed by atoms with Crippen LogP contribution in [-0.2, 0) is 4.79 Å². The molecule has 0 aliphatic heterocycles.